The molecule has 12 nitrogen and oxygen atoms in total. The first-order valence-electron chi connectivity index (χ1n) is 10.9. The SMILES string of the molecule is O=S(=O)(O)O.Oc1ccc(CC(O)NCCCCCCNC(O)Cc2ccc(O)c(O)c2)cc1O. The van der Waals surface area contributed by atoms with Gasteiger partial charge in [0.15, 0.2) is 23.0 Å². The van der Waals surface area contributed by atoms with Crippen molar-refractivity contribution in [1.82, 2.24) is 10.6 Å². The molecule has 0 fully saturated rings. The Morgan fingerprint density at radius 3 is 1.29 bits per heavy atom. The molecular formula is C22H34N2O10S. The van der Waals surface area contributed by atoms with Crippen LogP contribution in [0.15, 0.2) is 36.4 Å². The lowest BCUT2D eigenvalue weighted by Gasteiger charge is -2.14. The summed E-state index contributed by atoms with van der Waals surface area (Å²) in [4.78, 5) is 0. The fourth-order valence-electron chi connectivity index (χ4n) is 3.12. The summed E-state index contributed by atoms with van der Waals surface area (Å²) in [6.07, 6.45) is 3.05. The van der Waals surface area contributed by atoms with Crippen LogP contribution in [0.4, 0.5) is 0 Å². The fourth-order valence-corrected chi connectivity index (χ4v) is 3.12. The molecule has 0 saturated heterocycles. The molecule has 0 heterocycles. The van der Waals surface area contributed by atoms with Crippen molar-refractivity contribution in [2.24, 2.45) is 0 Å². The summed E-state index contributed by atoms with van der Waals surface area (Å²) in [6.45, 7) is 1.34. The maximum absolute atomic E-state index is 10.00. The number of benzene rings is 2. The molecule has 0 aliphatic carbocycles. The minimum absolute atomic E-state index is 0.178. The third-order valence-corrected chi connectivity index (χ3v) is 4.80. The Labute approximate surface area is 204 Å². The maximum Gasteiger partial charge on any atom is 0.394 e. The third kappa shape index (κ3) is 15.1. The lowest BCUT2D eigenvalue weighted by atomic mass is 10.1. The van der Waals surface area contributed by atoms with Gasteiger partial charge in [0.1, 0.15) is 12.5 Å². The zero-order chi connectivity index (χ0) is 26.4. The largest absolute Gasteiger partial charge is 0.504 e. The maximum atomic E-state index is 10.00. The molecule has 2 rings (SSSR count). The number of aliphatic hydroxyl groups is 2. The van der Waals surface area contributed by atoms with Crippen molar-refractivity contribution in [1.29, 1.82) is 0 Å². The van der Waals surface area contributed by atoms with Crippen LogP contribution in [-0.2, 0) is 23.2 Å². The standard InChI is InChI=1S/C22H32N2O6.H2O4S/c25-17-7-5-15(11-19(17)27)13-21(29)23-9-3-1-2-4-10-24-22(30)14-16-6-8-18(26)20(28)12-16;1-5(2,3)4/h5-8,11-12,21-30H,1-4,9-10,13-14H2;(H2,1,2,3,4). The van der Waals surface area contributed by atoms with Crippen molar-refractivity contribution < 1.29 is 48.2 Å². The number of phenols is 4. The number of hydrogen-bond acceptors (Lipinski definition) is 10. The normalized spacial score (nSPS) is 13.0. The van der Waals surface area contributed by atoms with E-state index in [9.17, 15) is 30.6 Å². The molecule has 0 bridgehead atoms. The van der Waals surface area contributed by atoms with Crippen LogP contribution >= 0.6 is 0 Å². The van der Waals surface area contributed by atoms with Crippen LogP contribution in [0.2, 0.25) is 0 Å². The zero-order valence-corrected chi connectivity index (χ0v) is 19.9. The molecular weight excluding hydrogens is 484 g/mol. The Kier molecular flexibility index (Phi) is 13.3. The third-order valence-electron chi connectivity index (χ3n) is 4.80. The lowest BCUT2D eigenvalue weighted by molar-refractivity contribution is 0.135. The summed E-state index contributed by atoms with van der Waals surface area (Å²) >= 11 is 0. The number of unbranched alkanes of at least 4 members (excludes halogenated alkanes) is 3. The summed E-state index contributed by atoms with van der Waals surface area (Å²) in [5.74, 6) is -0.745. The highest BCUT2D eigenvalue weighted by Gasteiger charge is 2.08. The van der Waals surface area contributed by atoms with Gasteiger partial charge in [0.05, 0.1) is 0 Å². The average molecular weight is 519 g/mol. The van der Waals surface area contributed by atoms with Crippen LogP contribution in [0.5, 0.6) is 23.0 Å². The monoisotopic (exact) mass is 518 g/mol. The molecule has 2 aromatic carbocycles. The molecule has 0 aromatic heterocycles. The van der Waals surface area contributed by atoms with Gasteiger partial charge in [-0.05, 0) is 61.3 Å². The molecule has 198 valence electrons. The van der Waals surface area contributed by atoms with Gasteiger partial charge in [-0.3, -0.25) is 19.7 Å². The molecule has 10 N–H and O–H groups in total. The molecule has 0 saturated carbocycles. The van der Waals surface area contributed by atoms with Crippen molar-refractivity contribution in [3.05, 3.63) is 47.5 Å². The molecule has 13 heteroatoms. The second-order valence-corrected chi connectivity index (χ2v) is 8.75. The van der Waals surface area contributed by atoms with E-state index in [1.54, 1.807) is 12.1 Å². The second kappa shape index (κ2) is 15.4. The number of nitrogens with one attached hydrogen (secondary N) is 2. The summed E-state index contributed by atoms with van der Waals surface area (Å²) in [5.41, 5.74) is 1.47. The minimum atomic E-state index is -4.67. The number of phenolic OH excluding ortho intramolecular Hbond substituents is 4. The minimum Gasteiger partial charge on any atom is -0.504 e. The van der Waals surface area contributed by atoms with E-state index in [0.717, 1.165) is 36.8 Å². The van der Waals surface area contributed by atoms with Gasteiger partial charge in [-0.15, -0.1) is 0 Å². The summed E-state index contributed by atoms with van der Waals surface area (Å²) < 4.78 is 31.6. The molecule has 0 radical (unpaired) electrons. The lowest BCUT2D eigenvalue weighted by Crippen LogP contribution is -2.32. The molecule has 0 aliphatic heterocycles. The van der Waals surface area contributed by atoms with Crippen molar-refractivity contribution in [2.45, 2.75) is 51.0 Å². The van der Waals surface area contributed by atoms with E-state index in [1.165, 1.54) is 24.3 Å². The number of aromatic hydroxyl groups is 4. The Balaban J connectivity index is 0.00000111. The zero-order valence-electron chi connectivity index (χ0n) is 19.1. The highest BCUT2D eigenvalue weighted by Crippen LogP contribution is 2.26. The molecule has 2 atom stereocenters. The first-order valence-corrected chi connectivity index (χ1v) is 12.3. The molecule has 2 aromatic rings. The summed E-state index contributed by atoms with van der Waals surface area (Å²) in [5, 5.41) is 63.6. The fraction of sp³-hybridized carbons (Fsp3) is 0.455. The Morgan fingerprint density at radius 2 is 0.971 bits per heavy atom. The molecule has 0 amide bonds. The van der Waals surface area contributed by atoms with Gasteiger partial charge in [-0.1, -0.05) is 25.0 Å². The van der Waals surface area contributed by atoms with Crippen molar-refractivity contribution in [2.75, 3.05) is 13.1 Å². The van der Waals surface area contributed by atoms with Gasteiger partial charge >= 0.3 is 10.4 Å². The topological polar surface area (TPSA) is 220 Å². The molecule has 0 aliphatic rings. The number of hydrogen-bond donors (Lipinski definition) is 10. The first kappa shape index (κ1) is 30.4. The molecule has 35 heavy (non-hydrogen) atoms. The van der Waals surface area contributed by atoms with Gasteiger partial charge < -0.3 is 30.6 Å². The second-order valence-electron chi connectivity index (χ2n) is 7.86. The van der Waals surface area contributed by atoms with Crippen molar-refractivity contribution >= 4 is 10.4 Å². The van der Waals surface area contributed by atoms with Gasteiger partial charge in [0.25, 0.3) is 0 Å². The van der Waals surface area contributed by atoms with E-state index >= 15 is 0 Å². The van der Waals surface area contributed by atoms with Gasteiger partial charge in [0, 0.05) is 12.8 Å². The Bertz CT molecular complexity index is 930. The molecule has 2 unspecified atom stereocenters. The van der Waals surface area contributed by atoms with Crippen LogP contribution in [0.25, 0.3) is 0 Å². The van der Waals surface area contributed by atoms with E-state index in [2.05, 4.69) is 10.6 Å². The van der Waals surface area contributed by atoms with Gasteiger partial charge in [-0.2, -0.15) is 8.42 Å². The van der Waals surface area contributed by atoms with E-state index in [4.69, 9.17) is 17.5 Å². The Morgan fingerprint density at radius 1 is 0.629 bits per heavy atom. The van der Waals surface area contributed by atoms with Crippen molar-refractivity contribution in [3.63, 3.8) is 0 Å². The van der Waals surface area contributed by atoms with Crippen LogP contribution in [0, 0.1) is 0 Å². The van der Waals surface area contributed by atoms with Crippen LogP contribution in [-0.4, -0.2) is 73.7 Å². The van der Waals surface area contributed by atoms with Crippen LogP contribution in [0.1, 0.15) is 36.8 Å². The highest BCUT2D eigenvalue weighted by atomic mass is 32.3. The predicted octanol–water partition coefficient (Wildman–Crippen LogP) is 1.02. The van der Waals surface area contributed by atoms with E-state index in [0.29, 0.717) is 25.9 Å². The van der Waals surface area contributed by atoms with E-state index in [-0.39, 0.29) is 23.0 Å². The summed E-state index contributed by atoms with van der Waals surface area (Å²) in [6, 6.07) is 8.99. The quantitative estimate of drug-likeness (QED) is 0.0777. The average Bonchev–Trinajstić information content (AvgIpc) is 2.74. The summed E-state index contributed by atoms with van der Waals surface area (Å²) in [7, 11) is -4.67. The van der Waals surface area contributed by atoms with Gasteiger partial charge in [-0.25, -0.2) is 0 Å². The van der Waals surface area contributed by atoms with Crippen LogP contribution in [0.3, 0.4) is 0 Å². The number of aliphatic hydroxyl groups excluding tert-OH is 2. The van der Waals surface area contributed by atoms with E-state index < -0.39 is 22.9 Å². The number of rotatable bonds is 13. The van der Waals surface area contributed by atoms with Crippen molar-refractivity contribution in [3.8, 4) is 23.0 Å². The molecule has 0 spiro atoms. The van der Waals surface area contributed by atoms with Crippen LogP contribution < -0.4 is 10.6 Å². The Hall–Kier alpha value is -2.65. The smallest absolute Gasteiger partial charge is 0.394 e. The predicted molar refractivity (Wildman–Crippen MR) is 128 cm³/mol. The highest BCUT2D eigenvalue weighted by molar-refractivity contribution is 7.79. The first-order chi connectivity index (χ1) is 16.3. The van der Waals surface area contributed by atoms with E-state index in [1.807, 2.05) is 0 Å². The van der Waals surface area contributed by atoms with Gasteiger partial charge in [0.2, 0.25) is 0 Å².